The van der Waals surface area contributed by atoms with Crippen LogP contribution >= 0.6 is 23.4 Å². The molecule has 0 saturated heterocycles. The van der Waals surface area contributed by atoms with Gasteiger partial charge in [-0.25, -0.2) is 4.98 Å². The summed E-state index contributed by atoms with van der Waals surface area (Å²) in [6.45, 7) is 12.0. The topological polar surface area (TPSA) is 52.0 Å². The van der Waals surface area contributed by atoms with E-state index in [0.717, 1.165) is 28.2 Å². The number of fused-ring (bicyclic) bond motifs is 1. The van der Waals surface area contributed by atoms with Crippen molar-refractivity contribution in [3.63, 3.8) is 0 Å². The highest BCUT2D eigenvalue weighted by Gasteiger charge is 2.36. The molecule has 22 heavy (non-hydrogen) atoms. The highest BCUT2D eigenvalue weighted by molar-refractivity contribution is 7.98. The Labute approximate surface area is 142 Å². The maximum absolute atomic E-state index is 6.33. The zero-order chi connectivity index (χ0) is 16.5. The summed E-state index contributed by atoms with van der Waals surface area (Å²) in [6, 6.07) is 0. The average Bonchev–Trinajstić information content (AvgIpc) is 2.81. The number of aromatic amines is 2. The van der Waals surface area contributed by atoms with Crippen molar-refractivity contribution in [2.45, 2.75) is 50.5 Å². The standard InChI is InChI=1S/C15H24ClN3OSSi/c1-15(2,3)22(5,6)20-8-7-10-9-17-13-11(10)12(16)18-14(19-13)21-4/h9H,7-8H2,1-6H3,(H,17,18,19)/p+1. The molecule has 4 nitrogen and oxygen atoms in total. The van der Waals surface area contributed by atoms with E-state index in [0.29, 0.717) is 11.8 Å². The van der Waals surface area contributed by atoms with Gasteiger partial charge in [-0.05, 0) is 42.4 Å². The molecule has 0 bridgehead atoms. The Morgan fingerprint density at radius 1 is 1.41 bits per heavy atom. The molecule has 2 rings (SSSR count). The second kappa shape index (κ2) is 6.51. The Hall–Kier alpha value is -0.563. The Kier molecular flexibility index (Phi) is 5.26. The molecule has 7 heteroatoms. The minimum absolute atomic E-state index is 0.230. The van der Waals surface area contributed by atoms with E-state index in [4.69, 9.17) is 16.0 Å². The van der Waals surface area contributed by atoms with Crippen LogP contribution in [0.2, 0.25) is 23.3 Å². The number of halogens is 1. The third kappa shape index (κ3) is 3.67. The Bertz CT molecular complexity index is 667. The molecule has 2 N–H and O–H groups in total. The molecular weight excluding hydrogens is 334 g/mol. The zero-order valence-corrected chi connectivity index (χ0v) is 16.7. The molecule has 0 unspecified atom stereocenters. The van der Waals surface area contributed by atoms with E-state index < -0.39 is 8.32 Å². The van der Waals surface area contributed by atoms with Crippen molar-refractivity contribution in [3.8, 4) is 0 Å². The van der Waals surface area contributed by atoms with Crippen LogP contribution in [-0.4, -0.2) is 31.1 Å². The molecular formula is C15H25ClN3OSSi+. The van der Waals surface area contributed by atoms with Crippen molar-refractivity contribution in [2.75, 3.05) is 12.9 Å². The van der Waals surface area contributed by atoms with Crippen LogP contribution in [0.25, 0.3) is 11.0 Å². The second-order valence-corrected chi connectivity index (χ2v) is 12.9. The summed E-state index contributed by atoms with van der Waals surface area (Å²) in [6.07, 6.45) is 4.80. The number of nitrogens with zero attached hydrogens (tertiary/aromatic N) is 1. The SMILES string of the molecule is CSc1nc(Cl)c2c(CCO[Si](C)(C)C(C)(C)C)c[nH]c2[nH+]1. The van der Waals surface area contributed by atoms with Crippen LogP contribution in [-0.2, 0) is 10.8 Å². The lowest BCUT2D eigenvalue weighted by Gasteiger charge is -2.36. The van der Waals surface area contributed by atoms with Gasteiger partial charge < -0.3 is 4.43 Å². The third-order valence-electron chi connectivity index (χ3n) is 4.43. The summed E-state index contributed by atoms with van der Waals surface area (Å²) >= 11 is 7.87. The molecule has 2 aromatic rings. The van der Waals surface area contributed by atoms with E-state index in [1.54, 1.807) is 11.8 Å². The quantitative estimate of drug-likeness (QED) is 0.375. The van der Waals surface area contributed by atoms with Crippen LogP contribution in [0.3, 0.4) is 0 Å². The molecule has 0 amide bonds. The summed E-state index contributed by atoms with van der Waals surface area (Å²) in [5.41, 5.74) is 2.07. The zero-order valence-electron chi connectivity index (χ0n) is 14.1. The van der Waals surface area contributed by atoms with Gasteiger partial charge in [0.2, 0.25) is 10.8 Å². The van der Waals surface area contributed by atoms with Gasteiger partial charge >= 0.3 is 0 Å². The molecule has 0 atom stereocenters. The van der Waals surface area contributed by atoms with Crippen molar-refractivity contribution >= 4 is 42.7 Å². The minimum atomic E-state index is -1.70. The highest BCUT2D eigenvalue weighted by atomic mass is 35.5. The van der Waals surface area contributed by atoms with Crippen LogP contribution in [0.1, 0.15) is 26.3 Å². The van der Waals surface area contributed by atoms with E-state index in [1.165, 1.54) is 0 Å². The van der Waals surface area contributed by atoms with Crippen molar-refractivity contribution in [3.05, 3.63) is 16.9 Å². The summed E-state index contributed by atoms with van der Waals surface area (Å²) < 4.78 is 6.25. The molecule has 0 spiro atoms. The number of rotatable bonds is 5. The molecule has 0 fully saturated rings. The van der Waals surface area contributed by atoms with Crippen molar-refractivity contribution in [1.82, 2.24) is 9.97 Å². The molecule has 0 aliphatic carbocycles. The van der Waals surface area contributed by atoms with Gasteiger partial charge in [-0.1, -0.05) is 37.5 Å². The van der Waals surface area contributed by atoms with E-state index in [-0.39, 0.29) is 5.04 Å². The van der Waals surface area contributed by atoms with Gasteiger partial charge in [0.05, 0.1) is 6.20 Å². The van der Waals surface area contributed by atoms with Gasteiger partial charge in [0.1, 0.15) is 5.39 Å². The summed E-state index contributed by atoms with van der Waals surface area (Å²) in [4.78, 5) is 10.9. The lowest BCUT2D eigenvalue weighted by Crippen LogP contribution is -2.41. The van der Waals surface area contributed by atoms with Gasteiger partial charge in [-0.15, -0.1) is 0 Å². The maximum atomic E-state index is 6.33. The summed E-state index contributed by atoms with van der Waals surface area (Å²) in [5.74, 6) is 0. The number of thioether (sulfide) groups is 1. The smallest absolute Gasteiger partial charge is 0.297 e. The number of aromatic nitrogens is 3. The predicted octanol–water partition coefficient (Wildman–Crippen LogP) is 4.32. The normalized spacial score (nSPS) is 13.0. The first-order valence-corrected chi connectivity index (χ1v) is 11.9. The van der Waals surface area contributed by atoms with Crippen LogP contribution in [0, 0.1) is 0 Å². The predicted molar refractivity (Wildman–Crippen MR) is 96.3 cm³/mol. The third-order valence-corrected chi connectivity index (χ3v) is 9.83. The Morgan fingerprint density at radius 3 is 2.68 bits per heavy atom. The second-order valence-electron chi connectivity index (χ2n) is 6.96. The monoisotopic (exact) mass is 358 g/mol. The van der Waals surface area contributed by atoms with E-state index in [1.807, 2.05) is 12.5 Å². The van der Waals surface area contributed by atoms with Crippen molar-refractivity contribution in [2.24, 2.45) is 0 Å². The molecule has 2 aromatic heterocycles. The van der Waals surface area contributed by atoms with Gasteiger partial charge in [-0.3, -0.25) is 4.98 Å². The molecule has 122 valence electrons. The van der Waals surface area contributed by atoms with Crippen LogP contribution < -0.4 is 4.98 Å². The molecule has 0 aliphatic rings. The van der Waals surface area contributed by atoms with Crippen molar-refractivity contribution in [1.29, 1.82) is 0 Å². The van der Waals surface area contributed by atoms with Crippen LogP contribution in [0.4, 0.5) is 0 Å². The number of nitrogens with one attached hydrogen (secondary N) is 2. The lowest BCUT2D eigenvalue weighted by atomic mass is 10.2. The first kappa shape index (κ1) is 17.8. The number of hydrogen-bond acceptors (Lipinski definition) is 3. The van der Waals surface area contributed by atoms with Crippen LogP contribution in [0.5, 0.6) is 0 Å². The van der Waals surface area contributed by atoms with E-state index in [9.17, 15) is 0 Å². The number of hydrogen-bond donors (Lipinski definition) is 1. The molecule has 0 aromatic carbocycles. The van der Waals surface area contributed by atoms with Crippen LogP contribution in [0.15, 0.2) is 11.4 Å². The summed E-state index contributed by atoms with van der Waals surface area (Å²) in [5, 5.41) is 2.55. The molecule has 0 radical (unpaired) electrons. The number of H-pyrrole nitrogens is 2. The van der Waals surface area contributed by atoms with E-state index >= 15 is 0 Å². The van der Waals surface area contributed by atoms with Gasteiger partial charge in [0.25, 0.3) is 5.16 Å². The first-order valence-electron chi connectivity index (χ1n) is 7.42. The fourth-order valence-corrected chi connectivity index (χ4v) is 3.79. The van der Waals surface area contributed by atoms with Gasteiger partial charge in [-0.2, -0.15) is 0 Å². The first-order chi connectivity index (χ1) is 10.2. The van der Waals surface area contributed by atoms with Crippen molar-refractivity contribution < 1.29 is 9.41 Å². The maximum Gasteiger partial charge on any atom is 0.297 e. The van der Waals surface area contributed by atoms with Gasteiger partial charge in [0, 0.05) is 12.2 Å². The summed E-state index contributed by atoms with van der Waals surface area (Å²) in [7, 11) is -1.70. The molecule has 0 aliphatic heterocycles. The Balaban J connectivity index is 2.13. The highest BCUT2D eigenvalue weighted by Crippen LogP contribution is 2.36. The average molecular weight is 359 g/mol. The lowest BCUT2D eigenvalue weighted by molar-refractivity contribution is -0.404. The Morgan fingerprint density at radius 2 is 2.09 bits per heavy atom. The largest absolute Gasteiger partial charge is 0.416 e. The molecule has 2 heterocycles. The minimum Gasteiger partial charge on any atom is -0.416 e. The fourth-order valence-electron chi connectivity index (χ4n) is 2.00. The molecule has 0 saturated carbocycles. The van der Waals surface area contributed by atoms with E-state index in [2.05, 4.69) is 48.8 Å². The fraction of sp³-hybridized carbons (Fsp3) is 0.600. The van der Waals surface area contributed by atoms with Gasteiger partial charge in [0.15, 0.2) is 8.32 Å².